The Kier molecular flexibility index (Phi) is 13.3. The van der Waals surface area contributed by atoms with E-state index in [1.165, 1.54) is 112 Å². The van der Waals surface area contributed by atoms with Gasteiger partial charge in [0.2, 0.25) is 0 Å². The lowest BCUT2D eigenvalue weighted by Gasteiger charge is -2.46. The molecule has 0 amide bonds. The lowest BCUT2D eigenvalue weighted by molar-refractivity contribution is -1.02. The zero-order valence-electron chi connectivity index (χ0n) is 18.3. The third-order valence-corrected chi connectivity index (χ3v) is 7.43. The Morgan fingerprint density at radius 2 is 0.893 bits per heavy atom. The number of hydrogen-bond acceptors (Lipinski definition) is 2. The average Bonchev–Trinajstić information content (AvgIpc) is 2.67. The minimum Gasteiger partial charge on any atom is -1.00 e. The first kappa shape index (κ1) is 27.3. The van der Waals surface area contributed by atoms with Gasteiger partial charge < -0.3 is 66.4 Å². The van der Waals surface area contributed by atoms with Gasteiger partial charge in [0.1, 0.15) is 39.3 Å². The molecule has 0 aromatic rings. The molecule has 0 radical (unpaired) electrons. The number of likely N-dealkylation sites (N-methyl/N-ethyl adjacent to an activating group) is 2. The zero-order valence-corrected chi connectivity index (χ0v) is 22.7. The molecule has 6 heteroatoms. The molecule has 0 spiro atoms. The number of quaternary nitrogens is 2. The largest absolute Gasteiger partial charge is 1.00 e. The predicted octanol–water partition coefficient (Wildman–Crippen LogP) is -2.40. The van der Waals surface area contributed by atoms with Crippen LogP contribution in [0.15, 0.2) is 0 Å². The lowest BCUT2D eigenvalue weighted by Crippen LogP contribution is -3.00. The molecule has 0 bridgehead atoms. The van der Waals surface area contributed by atoms with E-state index in [1.807, 2.05) is 0 Å². The van der Waals surface area contributed by atoms with E-state index in [2.05, 4.69) is 14.1 Å². The predicted molar refractivity (Wildman–Crippen MR) is 107 cm³/mol. The van der Waals surface area contributed by atoms with E-state index in [0.717, 1.165) is 13.2 Å². The molecule has 28 heavy (non-hydrogen) atoms. The number of ether oxygens (including phenoxy) is 2. The van der Waals surface area contributed by atoms with Gasteiger partial charge in [-0.2, -0.15) is 0 Å². The minimum atomic E-state index is 0. The van der Waals surface area contributed by atoms with Crippen molar-refractivity contribution in [2.45, 2.75) is 76.4 Å². The first-order valence-electron chi connectivity index (χ1n) is 11.5. The van der Waals surface area contributed by atoms with Crippen LogP contribution in [0.1, 0.15) is 64.2 Å². The molecule has 2 aliphatic carbocycles. The van der Waals surface area contributed by atoms with Crippen LogP contribution in [0.2, 0.25) is 0 Å². The van der Waals surface area contributed by atoms with E-state index >= 15 is 0 Å². The Balaban J connectivity index is 0.00000196. The van der Waals surface area contributed by atoms with Crippen LogP contribution in [-0.4, -0.2) is 87.8 Å². The van der Waals surface area contributed by atoms with Crippen molar-refractivity contribution in [2.75, 3.05) is 66.6 Å². The van der Waals surface area contributed by atoms with Gasteiger partial charge in [-0.05, 0) is 25.7 Å². The average molecular weight is 622 g/mol. The molecule has 0 N–H and O–H groups in total. The van der Waals surface area contributed by atoms with Crippen LogP contribution in [0.4, 0.5) is 0 Å². The number of nitrogens with zero attached hydrogens (tertiary/aromatic N) is 2. The SMILES string of the molecule is C[N+]1(CCOC2CCCCC2)CC[N+](C)(CCOC2CCCCC2)CC1.[I-].[I-]. The molecule has 1 saturated heterocycles. The minimum absolute atomic E-state index is 0. The second-order valence-electron chi connectivity index (χ2n) is 9.84. The normalized spacial score (nSPS) is 32.4. The summed E-state index contributed by atoms with van der Waals surface area (Å²) >= 11 is 0. The lowest BCUT2D eigenvalue weighted by atomic mass is 9.98. The Morgan fingerprint density at radius 1 is 0.571 bits per heavy atom. The fourth-order valence-corrected chi connectivity index (χ4v) is 4.98. The Bertz CT molecular complexity index is 367. The van der Waals surface area contributed by atoms with E-state index in [-0.39, 0.29) is 48.0 Å². The number of hydrogen-bond donors (Lipinski definition) is 0. The maximum absolute atomic E-state index is 6.19. The van der Waals surface area contributed by atoms with Crippen LogP contribution in [0, 0.1) is 0 Å². The summed E-state index contributed by atoms with van der Waals surface area (Å²) in [5, 5.41) is 0. The molecule has 168 valence electrons. The van der Waals surface area contributed by atoms with Gasteiger partial charge in [-0.1, -0.05) is 38.5 Å². The summed E-state index contributed by atoms with van der Waals surface area (Å²) in [5.41, 5.74) is 0. The standard InChI is InChI=1S/C22H44N2O2.2HI/c1-23(17-19-25-21-9-5-3-6-10-21)13-15-24(2,16-14-23)18-20-26-22-11-7-4-8-12-22;;/h21-22H,3-20H2,1-2H3;2*1H/q+2;;/p-2. The number of halogens is 2. The van der Waals surface area contributed by atoms with Crippen LogP contribution in [-0.2, 0) is 9.47 Å². The highest BCUT2D eigenvalue weighted by Crippen LogP contribution is 2.22. The molecule has 0 unspecified atom stereocenters. The van der Waals surface area contributed by atoms with Gasteiger partial charge in [0.15, 0.2) is 0 Å². The van der Waals surface area contributed by atoms with Gasteiger partial charge in [0.25, 0.3) is 0 Å². The molecule has 2 saturated carbocycles. The molecule has 0 aromatic carbocycles. The molecule has 0 aromatic heterocycles. The summed E-state index contributed by atoms with van der Waals surface area (Å²) in [4.78, 5) is 0. The molecule has 3 aliphatic rings. The Morgan fingerprint density at radius 3 is 1.21 bits per heavy atom. The van der Waals surface area contributed by atoms with Crippen LogP contribution in [0.5, 0.6) is 0 Å². The quantitative estimate of drug-likeness (QED) is 0.222. The maximum atomic E-state index is 6.19. The van der Waals surface area contributed by atoms with Crippen molar-refractivity contribution in [3.05, 3.63) is 0 Å². The van der Waals surface area contributed by atoms with Crippen LogP contribution in [0.25, 0.3) is 0 Å². The van der Waals surface area contributed by atoms with Crippen molar-refractivity contribution >= 4 is 0 Å². The van der Waals surface area contributed by atoms with E-state index in [1.54, 1.807) is 0 Å². The van der Waals surface area contributed by atoms with Crippen LogP contribution < -0.4 is 48.0 Å². The third-order valence-electron chi connectivity index (χ3n) is 7.43. The Labute approximate surface area is 208 Å². The highest BCUT2D eigenvalue weighted by Gasteiger charge is 2.37. The summed E-state index contributed by atoms with van der Waals surface area (Å²) in [6.07, 6.45) is 14.6. The highest BCUT2D eigenvalue weighted by atomic mass is 127. The molecule has 3 fully saturated rings. The van der Waals surface area contributed by atoms with Gasteiger partial charge in [0.05, 0.1) is 39.5 Å². The van der Waals surface area contributed by atoms with Crippen molar-refractivity contribution in [2.24, 2.45) is 0 Å². The van der Waals surface area contributed by atoms with Crippen molar-refractivity contribution < 1.29 is 66.4 Å². The summed E-state index contributed by atoms with van der Waals surface area (Å²) in [5.74, 6) is 0. The monoisotopic (exact) mass is 622 g/mol. The first-order valence-corrected chi connectivity index (χ1v) is 11.5. The van der Waals surface area contributed by atoms with Gasteiger partial charge in [-0.3, -0.25) is 0 Å². The molecular formula is C22H44I2N2O2. The molecule has 4 nitrogen and oxygen atoms in total. The van der Waals surface area contributed by atoms with E-state index in [0.29, 0.717) is 12.2 Å². The Hall–Kier alpha value is 1.30. The molecule has 1 aliphatic heterocycles. The fourth-order valence-electron chi connectivity index (χ4n) is 4.98. The third kappa shape index (κ3) is 9.20. The van der Waals surface area contributed by atoms with Crippen molar-refractivity contribution in [3.8, 4) is 0 Å². The van der Waals surface area contributed by atoms with Crippen molar-refractivity contribution in [1.82, 2.24) is 0 Å². The van der Waals surface area contributed by atoms with Crippen LogP contribution >= 0.6 is 0 Å². The molecule has 0 atom stereocenters. The van der Waals surface area contributed by atoms with Gasteiger partial charge in [0, 0.05) is 0 Å². The highest BCUT2D eigenvalue weighted by molar-refractivity contribution is 4.66. The first-order chi connectivity index (χ1) is 12.6. The van der Waals surface area contributed by atoms with Gasteiger partial charge in [-0.15, -0.1) is 0 Å². The van der Waals surface area contributed by atoms with Crippen LogP contribution in [0.3, 0.4) is 0 Å². The van der Waals surface area contributed by atoms with Gasteiger partial charge >= 0.3 is 0 Å². The number of rotatable bonds is 8. The molecular weight excluding hydrogens is 578 g/mol. The summed E-state index contributed by atoms with van der Waals surface area (Å²) < 4.78 is 14.8. The topological polar surface area (TPSA) is 18.5 Å². The van der Waals surface area contributed by atoms with Gasteiger partial charge in [-0.25, -0.2) is 0 Å². The van der Waals surface area contributed by atoms with E-state index in [9.17, 15) is 0 Å². The van der Waals surface area contributed by atoms with Crippen molar-refractivity contribution in [1.29, 1.82) is 0 Å². The second-order valence-corrected chi connectivity index (χ2v) is 9.84. The summed E-state index contributed by atoms with van der Waals surface area (Å²) in [6.45, 7) is 9.43. The van der Waals surface area contributed by atoms with E-state index < -0.39 is 0 Å². The van der Waals surface area contributed by atoms with E-state index in [4.69, 9.17) is 9.47 Å². The maximum Gasteiger partial charge on any atom is 0.129 e. The zero-order chi connectivity index (χ0) is 18.3. The molecule has 1 heterocycles. The summed E-state index contributed by atoms with van der Waals surface area (Å²) in [6, 6.07) is 0. The smallest absolute Gasteiger partial charge is 0.129 e. The van der Waals surface area contributed by atoms with Crippen molar-refractivity contribution in [3.63, 3.8) is 0 Å². The molecule has 3 rings (SSSR count). The summed E-state index contributed by atoms with van der Waals surface area (Å²) in [7, 11) is 4.87. The fraction of sp³-hybridized carbons (Fsp3) is 1.00. The second kappa shape index (κ2) is 13.7. The number of piperazine rings is 1.